The van der Waals surface area contributed by atoms with Gasteiger partial charge in [-0.1, -0.05) is 436 Å². The SMILES string of the molecule is CCCCCCCCCCCCCCCCCCCCCCC/C=C/C(O)C(CO)NC(=O)CCCCCCCCCCCCCCCCCCC/C=C\CCCCCCCCCCCCCCCCOC(=O)CCCCCCCCCCCCCCCCCC. The minimum Gasteiger partial charge on any atom is -0.466 e. The molecule has 1 amide bonds. The van der Waals surface area contributed by atoms with Crippen LogP contribution in [0, 0.1) is 0 Å². The molecule has 0 spiro atoms. The molecular formula is C85H165NO5. The number of hydrogen-bond acceptors (Lipinski definition) is 5. The Balaban J connectivity index is 3.35. The van der Waals surface area contributed by atoms with E-state index < -0.39 is 12.1 Å². The summed E-state index contributed by atoms with van der Waals surface area (Å²) in [7, 11) is 0. The molecule has 0 aliphatic rings. The van der Waals surface area contributed by atoms with Gasteiger partial charge in [-0.15, -0.1) is 0 Å². The summed E-state index contributed by atoms with van der Waals surface area (Å²) in [6.07, 6.45) is 105. The number of carbonyl (C=O) groups is 2. The average molecular weight is 1280 g/mol. The van der Waals surface area contributed by atoms with Crippen molar-refractivity contribution in [3.8, 4) is 0 Å². The standard InChI is InChI=1S/C85H165NO5/c1-3-5-7-9-11-13-15-17-19-21-22-23-37-40-43-46-49-53-57-61-65-69-73-77-83(88)82(81-87)86-84(89)78-74-70-66-62-58-54-50-47-44-41-38-35-33-31-29-27-25-24-26-28-30-32-34-36-39-42-45-48-52-56-60-64-68-72-76-80-91-85(90)79-75-71-67-63-59-55-51-20-18-16-14-12-10-8-6-4-2/h26,28,73,77,82-83,87-88H,3-25,27,29-72,74-76,78-81H2,1-2H3,(H,86,89)/b28-26-,77-73+. The lowest BCUT2D eigenvalue weighted by Crippen LogP contribution is -2.45. The first-order chi connectivity index (χ1) is 45.0. The Hall–Kier alpha value is -1.66. The van der Waals surface area contributed by atoms with E-state index >= 15 is 0 Å². The summed E-state index contributed by atoms with van der Waals surface area (Å²) in [6, 6.07) is -0.626. The van der Waals surface area contributed by atoms with Crippen molar-refractivity contribution < 1.29 is 24.5 Å². The van der Waals surface area contributed by atoms with E-state index in [2.05, 4.69) is 31.3 Å². The lowest BCUT2D eigenvalue weighted by Gasteiger charge is -2.20. The summed E-state index contributed by atoms with van der Waals surface area (Å²) in [5, 5.41) is 23.3. The third-order valence-corrected chi connectivity index (χ3v) is 20.0. The van der Waals surface area contributed by atoms with Crippen LogP contribution in [0.5, 0.6) is 0 Å². The minimum absolute atomic E-state index is 0.0246. The molecule has 6 heteroatoms. The third-order valence-electron chi connectivity index (χ3n) is 20.0. The maximum Gasteiger partial charge on any atom is 0.305 e. The van der Waals surface area contributed by atoms with Gasteiger partial charge in [0.05, 0.1) is 25.4 Å². The topological polar surface area (TPSA) is 95.9 Å². The summed E-state index contributed by atoms with van der Waals surface area (Å²) in [5.41, 5.74) is 0. The molecule has 91 heavy (non-hydrogen) atoms. The van der Waals surface area contributed by atoms with E-state index in [1.165, 1.54) is 417 Å². The van der Waals surface area contributed by atoms with E-state index in [9.17, 15) is 19.8 Å². The molecule has 0 heterocycles. The number of carbonyl (C=O) groups excluding carboxylic acids is 2. The van der Waals surface area contributed by atoms with Crippen molar-refractivity contribution in [1.82, 2.24) is 5.32 Å². The van der Waals surface area contributed by atoms with E-state index in [0.717, 1.165) is 38.5 Å². The summed E-state index contributed by atoms with van der Waals surface area (Å²) in [4.78, 5) is 24.7. The van der Waals surface area contributed by atoms with Crippen molar-refractivity contribution in [1.29, 1.82) is 0 Å². The van der Waals surface area contributed by atoms with Gasteiger partial charge in [0.1, 0.15) is 0 Å². The summed E-state index contributed by atoms with van der Waals surface area (Å²) < 4.78 is 5.51. The van der Waals surface area contributed by atoms with Crippen LogP contribution in [0.4, 0.5) is 0 Å². The van der Waals surface area contributed by atoms with Crippen LogP contribution in [0.2, 0.25) is 0 Å². The zero-order valence-electron chi connectivity index (χ0n) is 62.1. The fourth-order valence-corrected chi connectivity index (χ4v) is 13.6. The maximum atomic E-state index is 12.6. The van der Waals surface area contributed by atoms with Crippen LogP contribution in [0.1, 0.15) is 483 Å². The lowest BCUT2D eigenvalue weighted by atomic mass is 10.0. The molecule has 540 valence electrons. The van der Waals surface area contributed by atoms with E-state index in [-0.39, 0.29) is 18.5 Å². The highest BCUT2D eigenvalue weighted by atomic mass is 16.5. The molecule has 0 aromatic rings. The van der Waals surface area contributed by atoms with E-state index in [4.69, 9.17) is 4.74 Å². The van der Waals surface area contributed by atoms with Crippen LogP contribution in [0.25, 0.3) is 0 Å². The number of hydrogen-bond donors (Lipinski definition) is 3. The highest BCUT2D eigenvalue weighted by molar-refractivity contribution is 5.76. The van der Waals surface area contributed by atoms with E-state index in [1.54, 1.807) is 6.08 Å². The third kappa shape index (κ3) is 77.2. The molecule has 0 saturated heterocycles. The number of nitrogens with one attached hydrogen (secondary N) is 1. The molecule has 2 unspecified atom stereocenters. The molecule has 0 aromatic carbocycles. The summed E-state index contributed by atoms with van der Waals surface area (Å²) >= 11 is 0. The number of ether oxygens (including phenoxy) is 1. The highest BCUT2D eigenvalue weighted by Crippen LogP contribution is 2.20. The molecule has 0 fully saturated rings. The molecule has 0 aliphatic heterocycles. The first kappa shape index (κ1) is 89.3. The zero-order valence-corrected chi connectivity index (χ0v) is 62.1. The van der Waals surface area contributed by atoms with E-state index in [0.29, 0.717) is 19.4 Å². The van der Waals surface area contributed by atoms with Crippen molar-refractivity contribution in [2.75, 3.05) is 13.2 Å². The molecule has 3 N–H and O–H groups in total. The second-order valence-electron chi connectivity index (χ2n) is 29.2. The van der Waals surface area contributed by atoms with Crippen molar-refractivity contribution in [3.63, 3.8) is 0 Å². The normalized spacial score (nSPS) is 12.5. The Kier molecular flexibility index (Phi) is 79.3. The average Bonchev–Trinajstić information content (AvgIpc) is 3.67. The lowest BCUT2D eigenvalue weighted by molar-refractivity contribution is -0.143. The summed E-state index contributed by atoms with van der Waals surface area (Å²) in [6.45, 7) is 4.97. The first-order valence-electron chi connectivity index (χ1n) is 42.1. The van der Waals surface area contributed by atoms with Crippen molar-refractivity contribution in [2.45, 2.75) is 495 Å². The van der Waals surface area contributed by atoms with Crippen molar-refractivity contribution >= 4 is 11.9 Å². The van der Waals surface area contributed by atoms with Gasteiger partial charge in [0.15, 0.2) is 0 Å². The molecule has 0 aromatic heterocycles. The Morgan fingerprint density at radius 3 is 0.780 bits per heavy atom. The van der Waals surface area contributed by atoms with Crippen LogP contribution < -0.4 is 5.32 Å². The second-order valence-corrected chi connectivity index (χ2v) is 29.2. The van der Waals surface area contributed by atoms with Gasteiger partial charge in [-0.3, -0.25) is 9.59 Å². The van der Waals surface area contributed by atoms with Crippen LogP contribution in [0.15, 0.2) is 24.3 Å². The van der Waals surface area contributed by atoms with Gasteiger partial charge < -0.3 is 20.3 Å². The van der Waals surface area contributed by atoms with E-state index in [1.807, 2.05) is 6.08 Å². The van der Waals surface area contributed by atoms with Gasteiger partial charge in [0.2, 0.25) is 5.91 Å². The van der Waals surface area contributed by atoms with Crippen LogP contribution in [-0.4, -0.2) is 47.4 Å². The number of unbranched alkanes of at least 4 members (excludes halogenated alkanes) is 67. The van der Waals surface area contributed by atoms with Crippen LogP contribution in [-0.2, 0) is 14.3 Å². The highest BCUT2D eigenvalue weighted by Gasteiger charge is 2.18. The first-order valence-corrected chi connectivity index (χ1v) is 42.1. The Morgan fingerprint density at radius 1 is 0.297 bits per heavy atom. The second kappa shape index (κ2) is 80.8. The smallest absolute Gasteiger partial charge is 0.305 e. The quantitative estimate of drug-likeness (QED) is 0.0320. The maximum absolute atomic E-state index is 12.6. The molecule has 0 rings (SSSR count). The molecule has 0 saturated carbocycles. The fourth-order valence-electron chi connectivity index (χ4n) is 13.6. The van der Waals surface area contributed by atoms with Crippen LogP contribution in [0.3, 0.4) is 0 Å². The largest absolute Gasteiger partial charge is 0.466 e. The number of amides is 1. The zero-order chi connectivity index (χ0) is 65.6. The number of rotatable bonds is 80. The molecule has 0 aliphatic carbocycles. The number of aliphatic hydroxyl groups excluding tert-OH is 2. The summed E-state index contributed by atoms with van der Waals surface area (Å²) in [5.74, 6) is -0.0343. The van der Waals surface area contributed by atoms with Gasteiger partial charge in [-0.2, -0.15) is 0 Å². The van der Waals surface area contributed by atoms with Gasteiger partial charge in [0, 0.05) is 12.8 Å². The Bertz CT molecular complexity index is 1430. The minimum atomic E-state index is -0.843. The molecule has 6 nitrogen and oxygen atoms in total. The number of esters is 1. The Labute approximate surface area is 571 Å². The van der Waals surface area contributed by atoms with Gasteiger partial charge in [-0.05, 0) is 57.8 Å². The molecular weight excluding hydrogens is 1110 g/mol. The molecule has 2 atom stereocenters. The predicted octanol–water partition coefficient (Wildman–Crippen LogP) is 28.0. The van der Waals surface area contributed by atoms with Gasteiger partial charge in [-0.25, -0.2) is 0 Å². The predicted molar refractivity (Wildman–Crippen MR) is 403 cm³/mol. The van der Waals surface area contributed by atoms with Gasteiger partial charge >= 0.3 is 5.97 Å². The van der Waals surface area contributed by atoms with Crippen LogP contribution >= 0.6 is 0 Å². The van der Waals surface area contributed by atoms with Gasteiger partial charge in [0.25, 0.3) is 0 Å². The number of aliphatic hydroxyl groups is 2. The van der Waals surface area contributed by atoms with Crippen molar-refractivity contribution in [2.24, 2.45) is 0 Å². The fraction of sp³-hybridized carbons (Fsp3) is 0.929. The monoisotopic (exact) mass is 1280 g/mol. The molecule has 0 bridgehead atoms. The Morgan fingerprint density at radius 2 is 0.516 bits per heavy atom. The number of allylic oxidation sites excluding steroid dienone is 3. The molecule has 0 radical (unpaired) electrons. The van der Waals surface area contributed by atoms with Crippen molar-refractivity contribution in [3.05, 3.63) is 24.3 Å².